The lowest BCUT2D eigenvalue weighted by atomic mass is 9.82. The fourth-order valence-electron chi connectivity index (χ4n) is 12.2. The lowest BCUT2D eigenvalue weighted by Crippen LogP contribution is -2.59. The monoisotopic (exact) mass is 1170 g/mol. The number of aromatic nitrogens is 2. The van der Waals surface area contributed by atoms with Crippen molar-refractivity contribution in [1.82, 2.24) is 39.6 Å². The highest BCUT2D eigenvalue weighted by atomic mass is 32.1. The van der Waals surface area contributed by atoms with Crippen molar-refractivity contribution < 1.29 is 51.7 Å². The molecule has 0 aliphatic carbocycles. The maximum absolute atomic E-state index is 16.7. The van der Waals surface area contributed by atoms with Crippen LogP contribution in [0.4, 0.5) is 4.39 Å². The van der Waals surface area contributed by atoms with E-state index in [9.17, 15) is 28.5 Å². The number of aryl methyl sites for hydroxylation is 1. The number of thiophene rings is 1. The summed E-state index contributed by atoms with van der Waals surface area (Å²) in [5, 5.41) is 8.45. The minimum absolute atomic E-state index is 0.0142. The van der Waals surface area contributed by atoms with Crippen molar-refractivity contribution in [3.63, 3.8) is 0 Å². The van der Waals surface area contributed by atoms with Crippen LogP contribution in [0.3, 0.4) is 0 Å². The average molecular weight is 1180 g/mol. The van der Waals surface area contributed by atoms with Gasteiger partial charge in [-0.2, -0.15) is 0 Å². The SMILES string of the molecule is COC(=O)[C@H](C)NP(=O)(Oc1ccccc1)[C@H](F)c1ccc2sc(C(=O)N[C@H](C(=O)N3CC[C@@H](CC4CCN(Cc5ccc6c(c5)n(C)c(=O)n6C5CCC(=O)NC5=O)CC4)[C@H]3C(=O)N3CCO[C@H](c4ccccc4)C3)C(C)(C)C)cc2c1. The number of imidazole rings is 1. The van der Waals surface area contributed by atoms with Gasteiger partial charge in [-0.05, 0) is 134 Å². The third kappa shape index (κ3) is 12.7. The van der Waals surface area contributed by atoms with E-state index >= 15 is 14.0 Å². The second-order valence-electron chi connectivity index (χ2n) is 23.4. The van der Waals surface area contributed by atoms with Crippen LogP contribution in [0.1, 0.15) is 111 Å². The van der Waals surface area contributed by atoms with Crippen molar-refractivity contribution >= 4 is 75.5 Å². The Labute approximate surface area is 485 Å². The van der Waals surface area contributed by atoms with Crippen LogP contribution in [0.2, 0.25) is 0 Å². The molecule has 6 aromatic rings. The number of rotatable bonds is 17. The number of carbonyl (C=O) groups excluding carboxylic acids is 6. The molecule has 83 heavy (non-hydrogen) atoms. The van der Waals surface area contributed by atoms with E-state index in [1.165, 1.54) is 42.9 Å². The molecule has 0 spiro atoms. The summed E-state index contributed by atoms with van der Waals surface area (Å²) in [4.78, 5) is 102. The largest absolute Gasteiger partial charge is 0.468 e. The maximum Gasteiger partial charge on any atom is 0.355 e. The van der Waals surface area contributed by atoms with Crippen molar-refractivity contribution in [2.75, 3.05) is 46.4 Å². The minimum Gasteiger partial charge on any atom is -0.468 e. The van der Waals surface area contributed by atoms with Crippen LogP contribution in [0.15, 0.2) is 108 Å². The van der Waals surface area contributed by atoms with Crippen LogP contribution in [0.5, 0.6) is 5.75 Å². The van der Waals surface area contributed by atoms with E-state index in [2.05, 4.69) is 20.6 Å². The first-order valence-corrected chi connectivity index (χ1v) is 30.9. The van der Waals surface area contributed by atoms with Crippen LogP contribution >= 0.6 is 18.9 Å². The Balaban J connectivity index is 0.848. The van der Waals surface area contributed by atoms with E-state index in [1.54, 1.807) is 46.8 Å². The van der Waals surface area contributed by atoms with Gasteiger partial charge in [-0.25, -0.2) is 14.3 Å². The van der Waals surface area contributed by atoms with Crippen LogP contribution in [0.25, 0.3) is 21.1 Å². The molecule has 19 nitrogen and oxygen atoms in total. The molecule has 0 radical (unpaired) electrons. The van der Waals surface area contributed by atoms with Gasteiger partial charge in [-0.3, -0.25) is 52.7 Å². The van der Waals surface area contributed by atoms with Gasteiger partial charge >= 0.3 is 19.2 Å². The number of halogens is 1. The molecule has 440 valence electrons. The maximum atomic E-state index is 16.7. The first-order valence-electron chi connectivity index (χ1n) is 28.4. The highest BCUT2D eigenvalue weighted by Gasteiger charge is 2.49. The summed E-state index contributed by atoms with van der Waals surface area (Å²) in [7, 11) is -1.64. The average Bonchev–Trinajstić information content (AvgIpc) is 4.31. The van der Waals surface area contributed by atoms with Gasteiger partial charge in [0.2, 0.25) is 29.5 Å². The number of esters is 1. The van der Waals surface area contributed by atoms with Gasteiger partial charge < -0.3 is 29.1 Å². The number of hydrogen-bond acceptors (Lipinski definition) is 13. The Morgan fingerprint density at radius 1 is 0.880 bits per heavy atom. The second kappa shape index (κ2) is 24.7. The third-order valence-corrected chi connectivity index (χ3v) is 19.9. The molecule has 2 unspecified atom stereocenters. The molecule has 22 heteroatoms. The summed E-state index contributed by atoms with van der Waals surface area (Å²) in [6, 6.07) is 26.1. The second-order valence-corrected chi connectivity index (χ2v) is 26.6. The number of benzene rings is 4. The molecule has 0 saturated carbocycles. The Kier molecular flexibility index (Phi) is 17.6. The number of nitrogens with one attached hydrogen (secondary N) is 3. The zero-order valence-electron chi connectivity index (χ0n) is 47.6. The number of hydrogen-bond donors (Lipinski definition) is 3. The number of ether oxygens (including phenoxy) is 2. The number of amides is 5. The molecule has 8 atom stereocenters. The van der Waals surface area contributed by atoms with E-state index in [-0.39, 0.29) is 70.4 Å². The minimum atomic E-state index is -4.50. The van der Waals surface area contributed by atoms with Gasteiger partial charge in [-0.1, -0.05) is 81.4 Å². The van der Waals surface area contributed by atoms with Gasteiger partial charge in [0, 0.05) is 37.8 Å². The summed E-state index contributed by atoms with van der Waals surface area (Å²) >= 11 is 1.15. The molecule has 10 rings (SSSR count). The van der Waals surface area contributed by atoms with Gasteiger partial charge in [0.15, 0.2) is 0 Å². The standard InChI is InChI=1S/C61H72FN8O11PS/c1-37(59(76)79-6)65-82(78,81-44-15-11-8-12-16-44)54(62)42-18-21-49-43(33-42)34-50(83-49)56(73)64-53(61(2,3)4)58(75)69-28-25-41(52(69)57(74)68-29-30-80-48(36-68)40-13-9-7-10-14-40)31-38-23-26-67(27-24-38)35-39-17-19-45-47(32-39)66(5)60(77)70(45)46-20-22-51(71)63-55(46)72/h7-19,21,32-34,37-38,41,46,48,52-54H,20,22-31,35-36H2,1-6H3,(H,64,73)(H,65,78)(H,63,71,72)/t37-,41-,46?,48-,52-,53+,54-,82?/m0/s1. The third-order valence-electron chi connectivity index (χ3n) is 16.7. The van der Waals surface area contributed by atoms with Crippen molar-refractivity contribution in [2.24, 2.45) is 24.3 Å². The number of fused-ring (bicyclic) bond motifs is 2. The molecular weight excluding hydrogens is 1100 g/mol. The fraction of sp³-hybridized carbons (Fsp3) is 0.459. The quantitative estimate of drug-likeness (QED) is 0.0446. The molecule has 0 bridgehead atoms. The van der Waals surface area contributed by atoms with Crippen LogP contribution in [-0.4, -0.2) is 124 Å². The zero-order valence-corrected chi connectivity index (χ0v) is 49.3. The molecule has 4 saturated heterocycles. The smallest absolute Gasteiger partial charge is 0.355 e. The highest BCUT2D eigenvalue weighted by Crippen LogP contribution is 2.58. The van der Waals surface area contributed by atoms with Gasteiger partial charge in [-0.15, -0.1) is 11.3 Å². The van der Waals surface area contributed by atoms with Gasteiger partial charge in [0.05, 0.1) is 36.2 Å². The van der Waals surface area contributed by atoms with Crippen molar-refractivity contribution in [1.29, 1.82) is 0 Å². The number of para-hydroxylation sites is 1. The lowest BCUT2D eigenvalue weighted by Gasteiger charge is -2.40. The number of nitrogens with zero attached hydrogens (tertiary/aromatic N) is 5. The van der Waals surface area contributed by atoms with Crippen LogP contribution in [0, 0.1) is 17.3 Å². The summed E-state index contributed by atoms with van der Waals surface area (Å²) in [5.74, 6) is -4.60. The summed E-state index contributed by atoms with van der Waals surface area (Å²) in [6.07, 6.45) is 3.16. The predicted molar refractivity (Wildman–Crippen MR) is 312 cm³/mol. The summed E-state index contributed by atoms with van der Waals surface area (Å²) in [6.45, 7) is 10.6. The molecule has 4 aliphatic heterocycles. The summed E-state index contributed by atoms with van der Waals surface area (Å²) in [5.41, 5.74) is 2.19. The number of methoxy groups -OCH3 is 1. The van der Waals surface area contributed by atoms with Crippen LogP contribution < -0.4 is 25.9 Å². The number of carbonyl (C=O) groups is 6. The van der Waals surface area contributed by atoms with Gasteiger partial charge in [0.1, 0.15) is 36.0 Å². The summed E-state index contributed by atoms with van der Waals surface area (Å²) < 4.78 is 51.6. The van der Waals surface area contributed by atoms with E-state index in [4.69, 9.17) is 14.0 Å². The Hall–Kier alpha value is -7.03. The number of likely N-dealkylation sites (tertiary alicyclic amines) is 2. The molecule has 2 aromatic heterocycles. The van der Waals surface area contributed by atoms with E-state index < -0.39 is 60.8 Å². The number of piperidine rings is 2. The Morgan fingerprint density at radius 2 is 1.60 bits per heavy atom. The number of imide groups is 1. The van der Waals surface area contributed by atoms with Crippen molar-refractivity contribution in [3.8, 4) is 5.75 Å². The molecule has 6 heterocycles. The first-order chi connectivity index (χ1) is 39.7. The number of morpholine rings is 1. The Bertz CT molecular complexity index is 3520. The molecule has 3 N–H and O–H groups in total. The lowest BCUT2D eigenvalue weighted by molar-refractivity contribution is -0.152. The number of alkyl halides is 1. The first kappa shape index (κ1) is 59.1. The fourth-order valence-corrected chi connectivity index (χ4v) is 15.1. The molecule has 4 aromatic carbocycles. The Morgan fingerprint density at radius 3 is 2.30 bits per heavy atom. The van der Waals surface area contributed by atoms with Crippen molar-refractivity contribution in [3.05, 3.63) is 135 Å². The van der Waals surface area contributed by atoms with Crippen LogP contribution in [-0.2, 0) is 51.6 Å². The van der Waals surface area contributed by atoms with E-state index in [0.29, 0.717) is 60.3 Å². The normalized spacial score (nSPS) is 22.0. The van der Waals surface area contributed by atoms with Crippen molar-refractivity contribution in [2.45, 2.75) is 109 Å². The molecular formula is C61H72FN8O11PS. The topological polar surface area (TPSA) is 220 Å². The predicted octanol–water partition coefficient (Wildman–Crippen LogP) is 8.19. The zero-order chi connectivity index (χ0) is 58.9. The highest BCUT2D eigenvalue weighted by molar-refractivity contribution is 7.57. The van der Waals surface area contributed by atoms with Gasteiger partial charge in [0.25, 0.3) is 5.91 Å². The van der Waals surface area contributed by atoms with E-state index in [0.717, 1.165) is 54.8 Å². The molecule has 4 fully saturated rings. The molecule has 5 amide bonds. The molecule has 4 aliphatic rings. The van der Waals surface area contributed by atoms with E-state index in [1.807, 2.05) is 74.2 Å².